The average Bonchev–Trinajstić information content (AvgIpc) is 2.94. The molecule has 1 atom stereocenters. The van der Waals surface area contributed by atoms with Crippen LogP contribution in [-0.4, -0.2) is 30.6 Å². The van der Waals surface area contributed by atoms with Crippen molar-refractivity contribution in [1.82, 2.24) is 10.2 Å². The molecule has 4 aliphatic rings. The van der Waals surface area contributed by atoms with Gasteiger partial charge >= 0.3 is 0 Å². The molecule has 1 N–H and O–H groups in total. The number of nitrogens with zero attached hydrogens (tertiary/aromatic N) is 1. The zero-order chi connectivity index (χ0) is 12.7. The van der Waals surface area contributed by atoms with Gasteiger partial charge in [-0.05, 0) is 67.8 Å². The standard InChI is InChI=1S/C17H24N2/c1-2-14-5-4-13(10-16(14)3-1)11-18-17-12-19-8-6-15(17)7-9-19/h4-5,10,15,17-18H,1-3,6-9,11-12H2. The van der Waals surface area contributed by atoms with Crippen molar-refractivity contribution in [3.63, 3.8) is 0 Å². The molecule has 0 spiro atoms. The molecule has 1 aromatic carbocycles. The maximum Gasteiger partial charge on any atom is 0.0227 e. The molecule has 2 bridgehead atoms. The fourth-order valence-corrected chi connectivity index (χ4v) is 4.18. The first-order valence-electron chi connectivity index (χ1n) is 7.95. The van der Waals surface area contributed by atoms with E-state index in [-0.39, 0.29) is 0 Å². The summed E-state index contributed by atoms with van der Waals surface area (Å²) in [5, 5.41) is 3.82. The smallest absolute Gasteiger partial charge is 0.0227 e. The molecule has 1 unspecified atom stereocenters. The molecule has 3 aliphatic heterocycles. The first-order valence-corrected chi connectivity index (χ1v) is 7.95. The zero-order valence-electron chi connectivity index (χ0n) is 11.7. The number of nitrogens with one attached hydrogen (secondary N) is 1. The van der Waals surface area contributed by atoms with Crippen molar-refractivity contribution in [3.8, 4) is 0 Å². The summed E-state index contributed by atoms with van der Waals surface area (Å²) in [6.45, 7) is 5.00. The molecule has 2 heteroatoms. The summed E-state index contributed by atoms with van der Waals surface area (Å²) in [6, 6.07) is 7.86. The molecular weight excluding hydrogens is 232 g/mol. The first kappa shape index (κ1) is 11.9. The summed E-state index contributed by atoms with van der Waals surface area (Å²) in [7, 11) is 0. The van der Waals surface area contributed by atoms with Crippen LogP contribution < -0.4 is 5.32 Å². The van der Waals surface area contributed by atoms with E-state index < -0.39 is 0 Å². The quantitative estimate of drug-likeness (QED) is 0.893. The molecule has 3 heterocycles. The monoisotopic (exact) mass is 256 g/mol. The van der Waals surface area contributed by atoms with Gasteiger partial charge in [-0.1, -0.05) is 18.2 Å². The molecular formula is C17H24N2. The summed E-state index contributed by atoms with van der Waals surface area (Å²) in [5.74, 6) is 0.930. The Bertz CT molecular complexity index is 460. The van der Waals surface area contributed by atoms with Crippen LogP contribution >= 0.6 is 0 Å². The number of benzene rings is 1. The number of fused-ring (bicyclic) bond motifs is 4. The van der Waals surface area contributed by atoms with E-state index in [1.165, 1.54) is 57.3 Å². The molecule has 1 aliphatic carbocycles. The molecule has 0 aromatic heterocycles. The van der Waals surface area contributed by atoms with Gasteiger partial charge in [0, 0.05) is 19.1 Å². The lowest BCUT2D eigenvalue weighted by Crippen LogP contribution is -2.55. The Morgan fingerprint density at radius 2 is 1.95 bits per heavy atom. The predicted octanol–water partition coefficient (Wildman–Crippen LogP) is 2.36. The van der Waals surface area contributed by atoms with Crippen LogP contribution in [0.4, 0.5) is 0 Å². The number of hydrogen-bond acceptors (Lipinski definition) is 2. The minimum Gasteiger partial charge on any atom is -0.308 e. The van der Waals surface area contributed by atoms with Crippen LogP contribution in [0.5, 0.6) is 0 Å². The summed E-state index contributed by atoms with van der Waals surface area (Å²) in [6.07, 6.45) is 6.75. The van der Waals surface area contributed by atoms with Gasteiger partial charge in [-0.3, -0.25) is 0 Å². The third-order valence-corrected chi connectivity index (χ3v) is 5.39. The van der Waals surface area contributed by atoms with Crippen molar-refractivity contribution in [1.29, 1.82) is 0 Å². The summed E-state index contributed by atoms with van der Waals surface area (Å²) in [4.78, 5) is 2.63. The van der Waals surface area contributed by atoms with Gasteiger partial charge in [0.1, 0.15) is 0 Å². The van der Waals surface area contributed by atoms with Crippen molar-refractivity contribution >= 4 is 0 Å². The van der Waals surface area contributed by atoms with Gasteiger partial charge in [-0.25, -0.2) is 0 Å². The van der Waals surface area contributed by atoms with E-state index in [4.69, 9.17) is 0 Å². The second-order valence-electron chi connectivity index (χ2n) is 6.58. The molecule has 2 nitrogen and oxygen atoms in total. The van der Waals surface area contributed by atoms with Gasteiger partial charge in [-0.15, -0.1) is 0 Å². The highest BCUT2D eigenvalue weighted by Crippen LogP contribution is 2.28. The van der Waals surface area contributed by atoms with Crippen LogP contribution in [0, 0.1) is 5.92 Å². The maximum absolute atomic E-state index is 3.82. The second-order valence-corrected chi connectivity index (χ2v) is 6.58. The lowest BCUT2D eigenvalue weighted by atomic mass is 9.84. The molecule has 3 fully saturated rings. The fraction of sp³-hybridized carbons (Fsp3) is 0.647. The van der Waals surface area contributed by atoms with Gasteiger partial charge in [0.15, 0.2) is 0 Å². The van der Waals surface area contributed by atoms with Crippen molar-refractivity contribution in [3.05, 3.63) is 34.9 Å². The number of piperidine rings is 3. The molecule has 102 valence electrons. The number of hydrogen-bond donors (Lipinski definition) is 1. The van der Waals surface area contributed by atoms with Crippen LogP contribution in [0.2, 0.25) is 0 Å². The highest BCUT2D eigenvalue weighted by Gasteiger charge is 2.33. The van der Waals surface area contributed by atoms with Crippen LogP contribution in [0.25, 0.3) is 0 Å². The van der Waals surface area contributed by atoms with E-state index in [1.807, 2.05) is 0 Å². The van der Waals surface area contributed by atoms with Crippen molar-refractivity contribution in [2.45, 2.75) is 44.7 Å². The second kappa shape index (κ2) is 4.92. The Kier molecular flexibility index (Phi) is 3.08. The normalized spacial score (nSPS) is 32.5. The minimum atomic E-state index is 0.732. The molecule has 0 radical (unpaired) electrons. The first-order chi connectivity index (χ1) is 9.38. The van der Waals surface area contributed by atoms with Gasteiger partial charge < -0.3 is 10.2 Å². The topological polar surface area (TPSA) is 15.3 Å². The molecule has 0 amide bonds. The van der Waals surface area contributed by atoms with Gasteiger partial charge in [0.25, 0.3) is 0 Å². The van der Waals surface area contributed by atoms with E-state index in [1.54, 1.807) is 11.1 Å². The van der Waals surface area contributed by atoms with Gasteiger partial charge in [0.2, 0.25) is 0 Å². The zero-order valence-corrected chi connectivity index (χ0v) is 11.7. The maximum atomic E-state index is 3.82. The highest BCUT2D eigenvalue weighted by molar-refractivity contribution is 5.35. The highest BCUT2D eigenvalue weighted by atomic mass is 15.2. The Labute approximate surface area is 116 Å². The number of rotatable bonds is 3. The third-order valence-electron chi connectivity index (χ3n) is 5.39. The number of aryl methyl sites for hydroxylation is 2. The van der Waals surface area contributed by atoms with Crippen LogP contribution in [-0.2, 0) is 19.4 Å². The van der Waals surface area contributed by atoms with Gasteiger partial charge in [0.05, 0.1) is 0 Å². The largest absolute Gasteiger partial charge is 0.308 e. The van der Waals surface area contributed by atoms with Crippen molar-refractivity contribution in [2.75, 3.05) is 19.6 Å². The van der Waals surface area contributed by atoms with E-state index >= 15 is 0 Å². The van der Waals surface area contributed by atoms with Gasteiger partial charge in [-0.2, -0.15) is 0 Å². The summed E-state index contributed by atoms with van der Waals surface area (Å²) >= 11 is 0. The van der Waals surface area contributed by atoms with E-state index in [2.05, 4.69) is 28.4 Å². The minimum absolute atomic E-state index is 0.732. The average molecular weight is 256 g/mol. The molecule has 0 saturated carbocycles. The lowest BCUT2D eigenvalue weighted by Gasteiger charge is -2.45. The molecule has 1 aromatic rings. The SMILES string of the molecule is c1cc2c(cc1CNC1CN3CCC1CC3)CCC2. The Morgan fingerprint density at radius 1 is 1.11 bits per heavy atom. The Morgan fingerprint density at radius 3 is 2.74 bits per heavy atom. The Balaban J connectivity index is 1.39. The van der Waals surface area contributed by atoms with E-state index in [0.717, 1.165) is 18.5 Å². The van der Waals surface area contributed by atoms with Crippen molar-refractivity contribution in [2.24, 2.45) is 5.92 Å². The predicted molar refractivity (Wildman–Crippen MR) is 78.3 cm³/mol. The van der Waals surface area contributed by atoms with E-state index in [9.17, 15) is 0 Å². The van der Waals surface area contributed by atoms with Crippen molar-refractivity contribution < 1.29 is 0 Å². The molecule has 5 rings (SSSR count). The molecule has 19 heavy (non-hydrogen) atoms. The van der Waals surface area contributed by atoms with E-state index in [0.29, 0.717) is 0 Å². The third kappa shape index (κ3) is 2.32. The Hall–Kier alpha value is -0.860. The van der Waals surface area contributed by atoms with Crippen LogP contribution in [0.1, 0.15) is 36.0 Å². The molecule has 3 saturated heterocycles. The van der Waals surface area contributed by atoms with Crippen LogP contribution in [0.15, 0.2) is 18.2 Å². The summed E-state index contributed by atoms with van der Waals surface area (Å²) in [5.41, 5.74) is 4.68. The van der Waals surface area contributed by atoms with Crippen LogP contribution in [0.3, 0.4) is 0 Å². The lowest BCUT2D eigenvalue weighted by molar-refractivity contribution is 0.0720. The summed E-state index contributed by atoms with van der Waals surface area (Å²) < 4.78 is 0. The fourth-order valence-electron chi connectivity index (χ4n) is 4.18.